The predicted molar refractivity (Wildman–Crippen MR) is 75.0 cm³/mol. The molecule has 7 heteroatoms. The maximum atomic E-state index is 5.61. The summed E-state index contributed by atoms with van der Waals surface area (Å²) in [6, 6.07) is 1.82. The van der Waals surface area contributed by atoms with Crippen molar-refractivity contribution in [1.29, 1.82) is 0 Å². The first-order valence-electron chi connectivity index (χ1n) is 5.64. The van der Waals surface area contributed by atoms with Gasteiger partial charge in [0, 0.05) is 37.2 Å². The molecule has 0 saturated carbocycles. The van der Waals surface area contributed by atoms with Crippen LogP contribution in [-0.4, -0.2) is 28.5 Å². The van der Waals surface area contributed by atoms with Gasteiger partial charge in [0.1, 0.15) is 11.6 Å². The lowest BCUT2D eigenvalue weighted by atomic mass is 10.4. The second-order valence-electron chi connectivity index (χ2n) is 3.81. The molecule has 0 spiro atoms. The van der Waals surface area contributed by atoms with Crippen LogP contribution in [-0.2, 0) is 6.42 Å². The van der Waals surface area contributed by atoms with Gasteiger partial charge in [-0.05, 0) is 6.92 Å². The zero-order valence-electron chi connectivity index (χ0n) is 10.4. The van der Waals surface area contributed by atoms with Crippen LogP contribution in [0, 0.1) is 6.92 Å². The van der Waals surface area contributed by atoms with Crippen LogP contribution in [0.25, 0.3) is 0 Å². The molecule has 0 saturated heterocycles. The van der Waals surface area contributed by atoms with Crippen molar-refractivity contribution in [3.8, 4) is 0 Å². The summed E-state index contributed by atoms with van der Waals surface area (Å²) >= 11 is 1.67. The van der Waals surface area contributed by atoms with Crippen molar-refractivity contribution in [3.63, 3.8) is 0 Å². The molecule has 0 amide bonds. The van der Waals surface area contributed by atoms with Gasteiger partial charge < -0.3 is 16.4 Å². The third-order valence-corrected chi connectivity index (χ3v) is 3.34. The summed E-state index contributed by atoms with van der Waals surface area (Å²) in [6.07, 6.45) is 0.872. The standard InChI is InChI=1S/C11H16N6S/c1-7-6-18-10(15-7)3-4-14-9-5-8(13-2)16-11(12)17-9/h5-6H,3-4H2,1-2H3,(H4,12,13,14,16,17). The molecule has 0 atom stereocenters. The third-order valence-electron chi connectivity index (χ3n) is 2.31. The van der Waals surface area contributed by atoms with Crippen LogP contribution in [0.1, 0.15) is 10.7 Å². The van der Waals surface area contributed by atoms with Gasteiger partial charge in [-0.2, -0.15) is 9.97 Å². The van der Waals surface area contributed by atoms with Gasteiger partial charge in [0.15, 0.2) is 0 Å². The summed E-state index contributed by atoms with van der Waals surface area (Å²) < 4.78 is 0. The lowest BCUT2D eigenvalue weighted by Crippen LogP contribution is -2.09. The first-order chi connectivity index (χ1) is 8.67. The minimum absolute atomic E-state index is 0.259. The normalized spacial score (nSPS) is 10.3. The Morgan fingerprint density at radius 3 is 2.72 bits per heavy atom. The Labute approximate surface area is 110 Å². The number of hydrogen-bond acceptors (Lipinski definition) is 7. The van der Waals surface area contributed by atoms with E-state index in [1.165, 1.54) is 0 Å². The molecule has 0 aliphatic carbocycles. The van der Waals surface area contributed by atoms with Crippen molar-refractivity contribution < 1.29 is 0 Å². The van der Waals surface area contributed by atoms with E-state index in [9.17, 15) is 0 Å². The largest absolute Gasteiger partial charge is 0.373 e. The zero-order chi connectivity index (χ0) is 13.0. The van der Waals surface area contributed by atoms with Crippen molar-refractivity contribution in [2.45, 2.75) is 13.3 Å². The molecule has 2 aromatic heterocycles. The summed E-state index contributed by atoms with van der Waals surface area (Å²) in [5, 5.41) is 9.33. The van der Waals surface area contributed by atoms with E-state index in [2.05, 4.69) is 31.0 Å². The van der Waals surface area contributed by atoms with Gasteiger partial charge in [0.2, 0.25) is 5.95 Å². The fourth-order valence-electron chi connectivity index (χ4n) is 1.50. The molecular formula is C11H16N6S. The summed E-state index contributed by atoms with van der Waals surface area (Å²) in [5.74, 6) is 1.68. The Morgan fingerprint density at radius 1 is 1.28 bits per heavy atom. The Balaban J connectivity index is 1.91. The second kappa shape index (κ2) is 5.63. The van der Waals surface area contributed by atoms with Crippen LogP contribution in [0.3, 0.4) is 0 Å². The van der Waals surface area contributed by atoms with E-state index in [1.807, 2.05) is 13.0 Å². The number of anilines is 3. The quantitative estimate of drug-likeness (QED) is 0.758. The molecule has 96 valence electrons. The van der Waals surface area contributed by atoms with E-state index in [1.54, 1.807) is 18.4 Å². The van der Waals surface area contributed by atoms with Gasteiger partial charge in [0.05, 0.1) is 5.01 Å². The number of nitrogens with zero attached hydrogens (tertiary/aromatic N) is 3. The minimum Gasteiger partial charge on any atom is -0.373 e. The van der Waals surface area contributed by atoms with Crippen LogP contribution in [0.15, 0.2) is 11.4 Å². The van der Waals surface area contributed by atoms with Gasteiger partial charge in [-0.1, -0.05) is 0 Å². The number of nitrogens with two attached hydrogens (primary N) is 1. The van der Waals surface area contributed by atoms with Crippen LogP contribution >= 0.6 is 11.3 Å². The number of aryl methyl sites for hydroxylation is 1. The Hall–Kier alpha value is -1.89. The molecule has 0 aromatic carbocycles. The van der Waals surface area contributed by atoms with Crippen molar-refractivity contribution in [2.75, 3.05) is 30.0 Å². The maximum absolute atomic E-state index is 5.61. The van der Waals surface area contributed by atoms with Crippen molar-refractivity contribution >= 4 is 28.9 Å². The molecular weight excluding hydrogens is 248 g/mol. The van der Waals surface area contributed by atoms with E-state index in [0.29, 0.717) is 5.82 Å². The Bertz CT molecular complexity index is 524. The van der Waals surface area contributed by atoms with Crippen LogP contribution in [0.5, 0.6) is 0 Å². The number of rotatable bonds is 5. The number of nitrogen functional groups attached to an aromatic ring is 1. The fraction of sp³-hybridized carbons (Fsp3) is 0.364. The summed E-state index contributed by atoms with van der Waals surface area (Å²) in [4.78, 5) is 12.5. The zero-order valence-corrected chi connectivity index (χ0v) is 11.2. The summed E-state index contributed by atoms with van der Waals surface area (Å²) in [5.41, 5.74) is 6.68. The van der Waals surface area contributed by atoms with Crippen molar-refractivity contribution in [2.24, 2.45) is 0 Å². The number of aromatic nitrogens is 3. The van der Waals surface area contributed by atoms with Crippen molar-refractivity contribution in [1.82, 2.24) is 15.0 Å². The van der Waals surface area contributed by atoms with E-state index >= 15 is 0 Å². The van der Waals surface area contributed by atoms with Gasteiger partial charge in [-0.15, -0.1) is 11.3 Å². The van der Waals surface area contributed by atoms with E-state index in [4.69, 9.17) is 5.73 Å². The number of hydrogen-bond donors (Lipinski definition) is 3. The molecule has 0 radical (unpaired) electrons. The highest BCUT2D eigenvalue weighted by molar-refractivity contribution is 7.09. The third kappa shape index (κ3) is 3.30. The molecule has 0 fully saturated rings. The van der Waals surface area contributed by atoms with Crippen LogP contribution in [0.2, 0.25) is 0 Å². The monoisotopic (exact) mass is 264 g/mol. The Morgan fingerprint density at radius 2 is 2.06 bits per heavy atom. The number of nitrogens with one attached hydrogen (secondary N) is 2. The van der Waals surface area contributed by atoms with Gasteiger partial charge in [0.25, 0.3) is 0 Å². The lowest BCUT2D eigenvalue weighted by Gasteiger charge is -2.07. The average molecular weight is 264 g/mol. The molecule has 6 nitrogen and oxygen atoms in total. The topological polar surface area (TPSA) is 88.8 Å². The lowest BCUT2D eigenvalue weighted by molar-refractivity contribution is 0.975. The Kier molecular flexibility index (Phi) is 3.93. The highest BCUT2D eigenvalue weighted by Crippen LogP contribution is 2.13. The van der Waals surface area contributed by atoms with Gasteiger partial charge in [-0.3, -0.25) is 0 Å². The SMILES string of the molecule is CNc1cc(NCCc2nc(C)cs2)nc(N)n1. The molecule has 2 heterocycles. The van der Waals surface area contributed by atoms with E-state index in [0.717, 1.165) is 29.5 Å². The maximum Gasteiger partial charge on any atom is 0.223 e. The molecule has 0 aliphatic heterocycles. The molecule has 0 aliphatic rings. The van der Waals surface area contributed by atoms with Crippen molar-refractivity contribution in [3.05, 3.63) is 22.1 Å². The van der Waals surface area contributed by atoms with Gasteiger partial charge >= 0.3 is 0 Å². The molecule has 18 heavy (non-hydrogen) atoms. The average Bonchev–Trinajstić information content (AvgIpc) is 2.74. The molecule has 4 N–H and O–H groups in total. The number of thiazole rings is 1. The van der Waals surface area contributed by atoms with Gasteiger partial charge in [-0.25, -0.2) is 4.98 Å². The van der Waals surface area contributed by atoms with E-state index in [-0.39, 0.29) is 5.95 Å². The molecule has 2 aromatic rings. The molecule has 0 bridgehead atoms. The first kappa shape index (κ1) is 12.6. The highest BCUT2D eigenvalue weighted by Gasteiger charge is 2.02. The van der Waals surface area contributed by atoms with Crippen LogP contribution < -0.4 is 16.4 Å². The second-order valence-corrected chi connectivity index (χ2v) is 4.75. The first-order valence-corrected chi connectivity index (χ1v) is 6.52. The fourth-order valence-corrected chi connectivity index (χ4v) is 2.28. The molecule has 0 unspecified atom stereocenters. The minimum atomic E-state index is 0.259. The summed E-state index contributed by atoms with van der Waals surface area (Å²) in [6.45, 7) is 2.77. The highest BCUT2D eigenvalue weighted by atomic mass is 32.1. The van der Waals surface area contributed by atoms with Crippen LogP contribution in [0.4, 0.5) is 17.6 Å². The van der Waals surface area contributed by atoms with E-state index < -0.39 is 0 Å². The summed E-state index contributed by atoms with van der Waals surface area (Å²) in [7, 11) is 1.80. The smallest absolute Gasteiger partial charge is 0.223 e. The molecule has 2 rings (SSSR count). The predicted octanol–water partition coefficient (Wildman–Crippen LogP) is 1.52.